The second kappa shape index (κ2) is 11.3. The van der Waals surface area contributed by atoms with Crippen LogP contribution in [0.1, 0.15) is 16.7 Å². The monoisotopic (exact) mass is 623 g/mol. The Balaban J connectivity index is 1.96. The minimum Gasteiger partial charge on any atom is -0.493 e. The molecule has 0 aliphatic carbocycles. The van der Waals surface area contributed by atoms with Crippen molar-refractivity contribution in [1.29, 1.82) is 5.26 Å². The molecule has 1 amide bonds. The maximum atomic E-state index is 13.0. The summed E-state index contributed by atoms with van der Waals surface area (Å²) in [5.41, 5.74) is -0.538. The van der Waals surface area contributed by atoms with Gasteiger partial charge in [-0.05, 0) is 77.0 Å². The molecule has 0 heterocycles. The quantitative estimate of drug-likeness (QED) is 0.101. The molecule has 3 rings (SSSR count). The summed E-state index contributed by atoms with van der Waals surface area (Å²) in [6.07, 6.45) is -3.45. The first-order valence-corrected chi connectivity index (χ1v) is 11.4. The van der Waals surface area contributed by atoms with E-state index in [4.69, 9.17) is 9.47 Å². The lowest BCUT2D eigenvalue weighted by Gasteiger charge is -2.14. The number of nitrogens with zero attached hydrogens (tertiary/aromatic N) is 2. The van der Waals surface area contributed by atoms with E-state index in [2.05, 4.69) is 5.32 Å². The molecule has 0 spiro atoms. The van der Waals surface area contributed by atoms with E-state index in [0.29, 0.717) is 27.0 Å². The average molecular weight is 623 g/mol. The Kier molecular flexibility index (Phi) is 8.38. The van der Waals surface area contributed by atoms with Gasteiger partial charge in [0.05, 0.1) is 21.2 Å². The number of hydrogen-bond acceptors (Lipinski definition) is 6. The molecule has 0 aliphatic rings. The van der Waals surface area contributed by atoms with Crippen molar-refractivity contribution in [2.45, 2.75) is 13.1 Å². The number of carbonyl (C=O) groups is 1. The zero-order chi connectivity index (χ0) is 27.3. The number of nitro groups is 1. The molecular weight excluding hydrogens is 606 g/mol. The van der Waals surface area contributed by atoms with Crippen molar-refractivity contribution in [3.63, 3.8) is 0 Å². The third-order valence-electron chi connectivity index (χ3n) is 5.02. The number of nitriles is 1. The molecule has 3 aromatic carbocycles. The molecule has 12 heteroatoms. The van der Waals surface area contributed by atoms with Gasteiger partial charge in [-0.2, -0.15) is 18.4 Å². The number of anilines is 1. The third kappa shape index (κ3) is 6.56. The Labute approximate surface area is 222 Å². The Morgan fingerprint density at radius 1 is 1.16 bits per heavy atom. The highest BCUT2D eigenvalue weighted by atomic mass is 127. The number of methoxy groups -OCH3 is 1. The van der Waals surface area contributed by atoms with Gasteiger partial charge in [-0.25, -0.2) is 0 Å². The maximum absolute atomic E-state index is 13.0. The number of halogens is 4. The van der Waals surface area contributed by atoms with Crippen LogP contribution in [0.15, 0.2) is 60.2 Å². The number of amides is 1. The molecule has 3 aromatic rings. The van der Waals surface area contributed by atoms with Crippen molar-refractivity contribution in [2.75, 3.05) is 12.4 Å². The van der Waals surface area contributed by atoms with E-state index in [0.717, 1.165) is 11.6 Å². The lowest BCUT2D eigenvalue weighted by Crippen LogP contribution is -2.14. The Hall–Kier alpha value is -4.12. The van der Waals surface area contributed by atoms with Crippen molar-refractivity contribution >= 4 is 45.9 Å². The van der Waals surface area contributed by atoms with E-state index < -0.39 is 34.0 Å². The first-order valence-electron chi connectivity index (χ1n) is 10.3. The zero-order valence-corrected chi connectivity index (χ0v) is 21.4. The predicted octanol–water partition coefficient (Wildman–Crippen LogP) is 6.87. The Bertz CT molecular complexity index is 1450. The largest absolute Gasteiger partial charge is 0.493 e. The van der Waals surface area contributed by atoms with E-state index in [1.807, 2.05) is 34.7 Å². The van der Waals surface area contributed by atoms with Gasteiger partial charge in [-0.15, -0.1) is 0 Å². The molecule has 0 bridgehead atoms. The van der Waals surface area contributed by atoms with E-state index in [1.54, 1.807) is 25.1 Å². The molecule has 190 valence electrons. The van der Waals surface area contributed by atoms with Gasteiger partial charge in [0.2, 0.25) is 5.75 Å². The highest BCUT2D eigenvalue weighted by Crippen LogP contribution is 2.42. The molecule has 1 N–H and O–H groups in total. The molecule has 0 saturated heterocycles. The number of nitrogens with one attached hydrogen (secondary N) is 1. The lowest BCUT2D eigenvalue weighted by molar-refractivity contribution is -0.385. The predicted molar refractivity (Wildman–Crippen MR) is 137 cm³/mol. The van der Waals surface area contributed by atoms with Gasteiger partial charge >= 0.3 is 11.9 Å². The summed E-state index contributed by atoms with van der Waals surface area (Å²) in [6.45, 7) is 1.80. The van der Waals surface area contributed by atoms with Crippen LogP contribution in [0.25, 0.3) is 6.08 Å². The van der Waals surface area contributed by atoms with Crippen LogP contribution in [0.3, 0.4) is 0 Å². The summed E-state index contributed by atoms with van der Waals surface area (Å²) < 4.78 is 50.3. The lowest BCUT2D eigenvalue weighted by atomic mass is 10.1. The average Bonchev–Trinajstić information content (AvgIpc) is 2.84. The van der Waals surface area contributed by atoms with Crippen LogP contribution in [0, 0.1) is 31.9 Å². The van der Waals surface area contributed by atoms with Crippen LogP contribution >= 0.6 is 22.6 Å². The van der Waals surface area contributed by atoms with E-state index in [-0.39, 0.29) is 17.1 Å². The number of hydrogen-bond donors (Lipinski definition) is 1. The summed E-state index contributed by atoms with van der Waals surface area (Å²) in [7, 11) is 1.29. The molecule has 0 radical (unpaired) electrons. The summed E-state index contributed by atoms with van der Waals surface area (Å²) in [5.74, 6) is -0.978. The van der Waals surface area contributed by atoms with Crippen molar-refractivity contribution in [2.24, 2.45) is 0 Å². The van der Waals surface area contributed by atoms with Crippen molar-refractivity contribution in [3.8, 4) is 23.3 Å². The first kappa shape index (κ1) is 27.5. The normalized spacial score (nSPS) is 11.4. The minimum absolute atomic E-state index is 0.00554. The zero-order valence-electron chi connectivity index (χ0n) is 19.2. The number of benzene rings is 3. The van der Waals surface area contributed by atoms with E-state index in [1.165, 1.54) is 25.3 Å². The molecule has 0 aromatic heterocycles. The number of nitro benzene ring substituents is 1. The smallest absolute Gasteiger partial charge is 0.416 e. The Morgan fingerprint density at radius 3 is 2.46 bits per heavy atom. The fraction of sp³-hybridized carbons (Fsp3) is 0.120. The van der Waals surface area contributed by atoms with Crippen LogP contribution < -0.4 is 14.8 Å². The summed E-state index contributed by atoms with van der Waals surface area (Å²) in [5, 5.41) is 23.6. The first-order chi connectivity index (χ1) is 17.4. The number of aryl methyl sites for hydroxylation is 1. The Morgan fingerprint density at radius 2 is 1.86 bits per heavy atom. The molecule has 0 aliphatic heterocycles. The van der Waals surface area contributed by atoms with Gasteiger partial charge in [0.15, 0.2) is 11.5 Å². The van der Waals surface area contributed by atoms with Gasteiger partial charge in [-0.3, -0.25) is 14.9 Å². The minimum atomic E-state index is -4.77. The van der Waals surface area contributed by atoms with Gasteiger partial charge in [-0.1, -0.05) is 18.2 Å². The van der Waals surface area contributed by atoms with Gasteiger partial charge in [0.25, 0.3) is 5.91 Å². The summed E-state index contributed by atoms with van der Waals surface area (Å²) >= 11 is 1.84. The summed E-state index contributed by atoms with van der Waals surface area (Å²) in [4.78, 5) is 23.1. The fourth-order valence-electron chi connectivity index (χ4n) is 3.17. The van der Waals surface area contributed by atoms with Gasteiger partial charge in [0, 0.05) is 11.8 Å². The van der Waals surface area contributed by atoms with E-state index in [9.17, 15) is 33.3 Å². The van der Waals surface area contributed by atoms with Crippen molar-refractivity contribution in [3.05, 3.63) is 90.5 Å². The molecule has 0 unspecified atom stereocenters. The highest BCUT2D eigenvalue weighted by Gasteiger charge is 2.33. The van der Waals surface area contributed by atoms with Crippen LogP contribution in [0.2, 0.25) is 0 Å². The molecule has 0 saturated carbocycles. The van der Waals surface area contributed by atoms with Crippen molar-refractivity contribution < 1.29 is 32.4 Å². The van der Waals surface area contributed by atoms with Crippen LogP contribution in [-0.2, 0) is 11.0 Å². The topological polar surface area (TPSA) is 114 Å². The highest BCUT2D eigenvalue weighted by molar-refractivity contribution is 14.1. The van der Waals surface area contributed by atoms with Crippen molar-refractivity contribution in [1.82, 2.24) is 0 Å². The number of carbonyl (C=O) groups excluding carboxylic acids is 1. The number of rotatable bonds is 7. The van der Waals surface area contributed by atoms with E-state index >= 15 is 0 Å². The molecule has 0 atom stereocenters. The van der Waals surface area contributed by atoms with Gasteiger partial charge in [0.1, 0.15) is 11.6 Å². The molecule has 37 heavy (non-hydrogen) atoms. The number of para-hydroxylation sites is 1. The number of ether oxygens (including phenoxy) is 2. The number of alkyl halides is 3. The second-order valence-corrected chi connectivity index (χ2v) is 8.67. The van der Waals surface area contributed by atoms with Crippen LogP contribution in [0.4, 0.5) is 24.5 Å². The second-order valence-electron chi connectivity index (χ2n) is 7.51. The SMILES string of the molecule is COc1cc(/C=C(\C#N)C(=O)Nc2ccccc2C)cc(I)c1Oc1ccc(C(F)(F)F)cc1[N+](=O)[O-]. The van der Waals surface area contributed by atoms with Gasteiger partial charge < -0.3 is 14.8 Å². The molecule has 0 fully saturated rings. The maximum Gasteiger partial charge on any atom is 0.416 e. The standard InChI is InChI=1S/C25H17F3IN3O5/c1-14-5-3-4-6-19(14)31-24(33)16(13-30)9-15-10-18(29)23(22(11-15)36-2)37-21-8-7-17(25(26,27)28)12-20(21)32(34)35/h3-12H,1-2H3,(H,31,33)/b16-9+. The fourth-order valence-corrected chi connectivity index (χ4v) is 3.91. The third-order valence-corrected chi connectivity index (χ3v) is 5.82. The van der Waals surface area contributed by atoms with Crippen LogP contribution in [0.5, 0.6) is 17.2 Å². The van der Waals surface area contributed by atoms with Crippen LogP contribution in [-0.4, -0.2) is 17.9 Å². The summed E-state index contributed by atoms with van der Waals surface area (Å²) in [6, 6.07) is 13.8. The molecule has 8 nitrogen and oxygen atoms in total. The molecular formula is C25H17F3IN3O5.